The third kappa shape index (κ3) is 4.20. The zero-order valence-electron chi connectivity index (χ0n) is 16.3. The van der Waals surface area contributed by atoms with Gasteiger partial charge in [0.15, 0.2) is 10.9 Å². The molecule has 2 aromatic heterocycles. The first kappa shape index (κ1) is 20.0. The van der Waals surface area contributed by atoms with Crippen LogP contribution in [0.1, 0.15) is 28.1 Å². The molecular weight excluding hydrogens is 380 g/mol. The molecule has 28 heavy (non-hydrogen) atoms. The molecule has 0 unspecified atom stereocenters. The summed E-state index contributed by atoms with van der Waals surface area (Å²) in [5.74, 6) is -0.928. The van der Waals surface area contributed by atoms with E-state index in [9.17, 15) is 14.9 Å². The number of aromatic nitrogens is 1. The zero-order chi connectivity index (χ0) is 20.4. The summed E-state index contributed by atoms with van der Waals surface area (Å²) >= 11 is 1.45. The van der Waals surface area contributed by atoms with Crippen molar-refractivity contribution in [2.45, 2.75) is 20.3 Å². The van der Waals surface area contributed by atoms with Gasteiger partial charge >= 0.3 is 5.88 Å². The highest BCUT2D eigenvalue weighted by molar-refractivity contribution is 7.22. The number of quaternary nitrogens is 1. The lowest BCUT2D eigenvalue weighted by atomic mass is 10.1. The quantitative estimate of drug-likeness (QED) is 0.483. The molecule has 3 rings (SSSR count). The van der Waals surface area contributed by atoms with E-state index in [4.69, 9.17) is 4.42 Å². The first-order chi connectivity index (χ1) is 13.3. The molecule has 0 bridgehead atoms. The minimum absolute atomic E-state index is 0.0592. The monoisotopic (exact) mass is 403 g/mol. The van der Waals surface area contributed by atoms with Gasteiger partial charge in [-0.2, -0.15) is 0 Å². The fourth-order valence-electron chi connectivity index (χ4n) is 3.03. The van der Waals surface area contributed by atoms with Gasteiger partial charge < -0.3 is 9.32 Å². The number of nitrogens with one attached hydrogen (secondary N) is 1. The lowest BCUT2D eigenvalue weighted by Gasteiger charge is -2.19. The molecule has 9 heteroatoms. The molecule has 0 aliphatic rings. The van der Waals surface area contributed by atoms with Gasteiger partial charge in [0.2, 0.25) is 0 Å². The Morgan fingerprint density at radius 3 is 2.71 bits per heavy atom. The number of fused-ring (bicyclic) bond motifs is 1. The molecular formula is C19H23N4O4S+. The molecule has 0 saturated heterocycles. The SMILES string of the molecule is Cc1cc(C)c2sc(N(CCC[NH+](C)C)C(=O)c3ccc([N+](=O)[O-])o3)nc2c1. The summed E-state index contributed by atoms with van der Waals surface area (Å²) in [6.45, 7) is 5.37. The minimum Gasteiger partial charge on any atom is -0.395 e. The van der Waals surface area contributed by atoms with Crippen LogP contribution < -0.4 is 9.80 Å². The van der Waals surface area contributed by atoms with Crippen molar-refractivity contribution in [1.29, 1.82) is 0 Å². The van der Waals surface area contributed by atoms with Gasteiger partial charge in [0, 0.05) is 13.0 Å². The highest BCUT2D eigenvalue weighted by atomic mass is 32.1. The Labute approximate surface area is 166 Å². The number of benzene rings is 1. The highest BCUT2D eigenvalue weighted by Gasteiger charge is 2.26. The maximum absolute atomic E-state index is 13.1. The van der Waals surface area contributed by atoms with Crippen LogP contribution >= 0.6 is 11.3 Å². The third-order valence-electron chi connectivity index (χ3n) is 4.33. The van der Waals surface area contributed by atoms with E-state index in [1.807, 2.05) is 34.0 Å². The number of amides is 1. The van der Waals surface area contributed by atoms with Crippen molar-refractivity contribution in [3.8, 4) is 0 Å². The van der Waals surface area contributed by atoms with Crippen molar-refractivity contribution in [3.63, 3.8) is 0 Å². The Morgan fingerprint density at radius 2 is 2.07 bits per heavy atom. The number of aryl methyl sites for hydroxylation is 2. The summed E-state index contributed by atoms with van der Waals surface area (Å²) in [5, 5.41) is 11.5. The molecule has 0 atom stereocenters. The number of nitro groups is 1. The first-order valence-corrected chi connectivity index (χ1v) is 9.81. The standard InChI is InChI=1S/C19H22N4O4S/c1-12-10-13(2)17-14(11-12)20-19(28-17)22(9-5-8-21(3)4)18(24)15-6-7-16(27-15)23(25)26/h6-7,10-11H,5,8-9H2,1-4H3/p+1. The summed E-state index contributed by atoms with van der Waals surface area (Å²) in [6.07, 6.45) is 0.769. The van der Waals surface area contributed by atoms with E-state index in [2.05, 4.69) is 11.1 Å². The van der Waals surface area contributed by atoms with Crippen LogP contribution in [0, 0.1) is 24.0 Å². The van der Waals surface area contributed by atoms with Crippen molar-refractivity contribution in [2.75, 3.05) is 32.1 Å². The smallest absolute Gasteiger partial charge is 0.395 e. The molecule has 0 aliphatic heterocycles. The largest absolute Gasteiger partial charge is 0.433 e. The van der Waals surface area contributed by atoms with E-state index in [1.165, 1.54) is 28.4 Å². The second-order valence-electron chi connectivity index (χ2n) is 7.09. The molecule has 0 radical (unpaired) electrons. The molecule has 0 spiro atoms. The molecule has 0 aliphatic carbocycles. The van der Waals surface area contributed by atoms with Gasteiger partial charge in [-0.25, -0.2) is 4.98 Å². The van der Waals surface area contributed by atoms with Crippen molar-refractivity contribution in [3.05, 3.63) is 51.3 Å². The Hall–Kier alpha value is -2.78. The number of rotatable bonds is 7. The number of hydrogen-bond acceptors (Lipinski definition) is 6. The summed E-state index contributed by atoms with van der Waals surface area (Å²) in [7, 11) is 4.09. The van der Waals surface area contributed by atoms with Crippen molar-refractivity contribution >= 4 is 38.5 Å². The van der Waals surface area contributed by atoms with Crippen LogP contribution in [0.3, 0.4) is 0 Å². The molecule has 2 heterocycles. The molecule has 8 nitrogen and oxygen atoms in total. The second-order valence-corrected chi connectivity index (χ2v) is 8.07. The topological polar surface area (TPSA) is 93.9 Å². The van der Waals surface area contributed by atoms with E-state index in [0.29, 0.717) is 11.7 Å². The fraction of sp³-hybridized carbons (Fsp3) is 0.368. The van der Waals surface area contributed by atoms with Crippen LogP contribution in [-0.4, -0.2) is 43.0 Å². The summed E-state index contributed by atoms with van der Waals surface area (Å²) in [5.41, 5.74) is 3.06. The van der Waals surface area contributed by atoms with Gasteiger partial charge in [-0.1, -0.05) is 17.4 Å². The number of hydrogen-bond donors (Lipinski definition) is 1. The fourth-order valence-corrected chi connectivity index (χ4v) is 4.07. The Morgan fingerprint density at radius 1 is 1.32 bits per heavy atom. The Balaban J connectivity index is 1.97. The van der Waals surface area contributed by atoms with Gasteiger partial charge in [-0.3, -0.25) is 19.8 Å². The summed E-state index contributed by atoms with van der Waals surface area (Å²) in [6, 6.07) is 6.61. The van der Waals surface area contributed by atoms with E-state index in [-0.39, 0.29) is 5.76 Å². The zero-order valence-corrected chi connectivity index (χ0v) is 17.1. The molecule has 1 N–H and O–H groups in total. The predicted molar refractivity (Wildman–Crippen MR) is 108 cm³/mol. The average Bonchev–Trinajstić information content (AvgIpc) is 3.25. The number of anilines is 1. The highest BCUT2D eigenvalue weighted by Crippen LogP contribution is 2.33. The lowest BCUT2D eigenvalue weighted by molar-refractivity contribution is -0.858. The molecule has 148 valence electrons. The van der Waals surface area contributed by atoms with E-state index in [0.717, 1.165) is 34.3 Å². The van der Waals surface area contributed by atoms with Crippen molar-refractivity contribution in [1.82, 2.24) is 4.98 Å². The van der Waals surface area contributed by atoms with Crippen LogP contribution in [0.5, 0.6) is 0 Å². The predicted octanol–water partition coefficient (Wildman–Crippen LogP) is 2.60. The molecule has 1 aromatic carbocycles. The Kier molecular flexibility index (Phi) is 5.76. The Bertz CT molecular complexity index is 1020. The normalized spacial score (nSPS) is 11.3. The lowest BCUT2D eigenvalue weighted by Crippen LogP contribution is -3.05. The molecule has 0 saturated carbocycles. The maximum atomic E-state index is 13.1. The van der Waals surface area contributed by atoms with Crippen LogP contribution in [0.15, 0.2) is 28.7 Å². The van der Waals surface area contributed by atoms with Gasteiger partial charge in [0.25, 0.3) is 5.91 Å². The second kappa shape index (κ2) is 8.07. The first-order valence-electron chi connectivity index (χ1n) is 8.99. The average molecular weight is 403 g/mol. The summed E-state index contributed by atoms with van der Waals surface area (Å²) in [4.78, 5) is 30.8. The number of carbonyl (C=O) groups is 1. The van der Waals surface area contributed by atoms with Crippen molar-refractivity contribution in [2.24, 2.45) is 0 Å². The van der Waals surface area contributed by atoms with E-state index in [1.54, 1.807) is 4.90 Å². The summed E-state index contributed by atoms with van der Waals surface area (Å²) < 4.78 is 6.16. The van der Waals surface area contributed by atoms with Gasteiger partial charge in [-0.15, -0.1) is 0 Å². The van der Waals surface area contributed by atoms with E-state index < -0.39 is 16.7 Å². The number of furan rings is 1. The van der Waals surface area contributed by atoms with Gasteiger partial charge in [0.05, 0.1) is 36.9 Å². The molecule has 1 amide bonds. The van der Waals surface area contributed by atoms with Crippen LogP contribution in [0.2, 0.25) is 0 Å². The number of carbonyl (C=O) groups excluding carboxylic acids is 1. The third-order valence-corrected chi connectivity index (χ3v) is 5.56. The number of thiazole rings is 1. The molecule has 0 fully saturated rings. The molecule has 3 aromatic rings. The maximum Gasteiger partial charge on any atom is 0.433 e. The van der Waals surface area contributed by atoms with E-state index >= 15 is 0 Å². The van der Waals surface area contributed by atoms with Crippen molar-refractivity contribution < 1.29 is 19.0 Å². The van der Waals surface area contributed by atoms with Gasteiger partial charge in [-0.05, 0) is 37.1 Å². The van der Waals surface area contributed by atoms with Crippen LogP contribution in [-0.2, 0) is 0 Å². The van der Waals surface area contributed by atoms with Gasteiger partial charge in [0.1, 0.15) is 4.92 Å². The van der Waals surface area contributed by atoms with Crippen LogP contribution in [0.4, 0.5) is 11.0 Å². The minimum atomic E-state index is -0.652. The van der Waals surface area contributed by atoms with Crippen LogP contribution in [0.25, 0.3) is 10.2 Å². The number of nitrogens with zero attached hydrogens (tertiary/aromatic N) is 3.